The Bertz CT molecular complexity index is 291. The first-order chi connectivity index (χ1) is 7.91. The number of nitrogens with zero attached hydrogens (tertiary/aromatic N) is 1. The van der Waals surface area contributed by atoms with Crippen LogP contribution in [0.3, 0.4) is 0 Å². The molecule has 2 unspecified atom stereocenters. The number of amides is 1. The topological polar surface area (TPSA) is 69.6 Å². The molecule has 1 heterocycles. The summed E-state index contributed by atoms with van der Waals surface area (Å²) < 4.78 is 0. The van der Waals surface area contributed by atoms with Gasteiger partial charge >= 0.3 is 5.97 Å². The molecule has 1 fully saturated rings. The number of hydrogen-bond donors (Lipinski definition) is 2. The van der Waals surface area contributed by atoms with Crippen molar-refractivity contribution in [1.29, 1.82) is 0 Å². The summed E-state index contributed by atoms with van der Waals surface area (Å²) in [5.41, 5.74) is 0. The van der Waals surface area contributed by atoms with Crippen LogP contribution in [0.2, 0.25) is 0 Å². The lowest BCUT2D eigenvalue weighted by Gasteiger charge is -2.36. The highest BCUT2D eigenvalue weighted by molar-refractivity contribution is 5.79. The van der Waals surface area contributed by atoms with Crippen molar-refractivity contribution in [3.8, 4) is 0 Å². The van der Waals surface area contributed by atoms with E-state index in [2.05, 4.69) is 5.32 Å². The quantitative estimate of drug-likeness (QED) is 0.761. The lowest BCUT2D eigenvalue weighted by Crippen LogP contribution is -2.49. The zero-order valence-corrected chi connectivity index (χ0v) is 10.8. The maximum atomic E-state index is 11.9. The summed E-state index contributed by atoms with van der Waals surface area (Å²) in [7, 11) is 0. The smallest absolute Gasteiger partial charge is 0.306 e. The molecule has 5 heteroatoms. The van der Waals surface area contributed by atoms with Gasteiger partial charge in [0, 0.05) is 18.6 Å². The highest BCUT2D eigenvalue weighted by Crippen LogP contribution is 2.22. The van der Waals surface area contributed by atoms with Crippen LogP contribution in [0, 0.1) is 5.92 Å². The number of carbonyl (C=O) groups is 2. The summed E-state index contributed by atoms with van der Waals surface area (Å²) >= 11 is 0. The van der Waals surface area contributed by atoms with Gasteiger partial charge < -0.3 is 15.3 Å². The molecule has 0 bridgehead atoms. The van der Waals surface area contributed by atoms with Gasteiger partial charge in [0.05, 0.1) is 12.5 Å². The Morgan fingerprint density at radius 3 is 2.59 bits per heavy atom. The van der Waals surface area contributed by atoms with Crippen LogP contribution in [0.15, 0.2) is 0 Å². The SMILES string of the molecule is CC(C)NCC(=O)N1CCC(C(=O)O)CC1C. The summed E-state index contributed by atoms with van der Waals surface area (Å²) in [5, 5.41) is 12.0. The molecule has 0 aromatic carbocycles. The van der Waals surface area contributed by atoms with E-state index in [4.69, 9.17) is 5.11 Å². The Morgan fingerprint density at radius 2 is 2.12 bits per heavy atom. The van der Waals surface area contributed by atoms with Crippen molar-refractivity contribution >= 4 is 11.9 Å². The average molecular weight is 242 g/mol. The van der Waals surface area contributed by atoms with Crippen LogP contribution in [0.25, 0.3) is 0 Å². The molecule has 2 atom stereocenters. The molecule has 0 spiro atoms. The Kier molecular flexibility index (Phi) is 4.93. The van der Waals surface area contributed by atoms with Crippen LogP contribution < -0.4 is 5.32 Å². The third kappa shape index (κ3) is 4.00. The van der Waals surface area contributed by atoms with Crippen LogP contribution in [0.1, 0.15) is 33.6 Å². The molecule has 1 rings (SSSR count). The van der Waals surface area contributed by atoms with Crippen molar-refractivity contribution in [2.24, 2.45) is 5.92 Å². The standard InChI is InChI=1S/C12H22N2O3/c1-8(2)13-7-11(15)14-5-4-10(12(16)17)6-9(14)3/h8-10,13H,4-7H2,1-3H3,(H,16,17). The van der Waals surface area contributed by atoms with E-state index < -0.39 is 5.97 Å². The molecule has 98 valence electrons. The Morgan fingerprint density at radius 1 is 1.47 bits per heavy atom. The van der Waals surface area contributed by atoms with Crippen molar-refractivity contribution in [3.63, 3.8) is 0 Å². The van der Waals surface area contributed by atoms with Crippen LogP contribution in [0.4, 0.5) is 0 Å². The largest absolute Gasteiger partial charge is 0.481 e. The first-order valence-corrected chi connectivity index (χ1v) is 6.17. The normalized spacial score (nSPS) is 25.1. The molecule has 1 amide bonds. The predicted molar refractivity (Wildman–Crippen MR) is 64.7 cm³/mol. The minimum absolute atomic E-state index is 0.0197. The van der Waals surface area contributed by atoms with Crippen LogP contribution in [-0.2, 0) is 9.59 Å². The summed E-state index contributed by atoms with van der Waals surface area (Å²) in [6, 6.07) is 0.303. The zero-order chi connectivity index (χ0) is 13.0. The summed E-state index contributed by atoms with van der Waals surface area (Å²) in [6.45, 7) is 6.79. The number of carboxylic acid groups (broad SMARTS) is 1. The van der Waals surface area contributed by atoms with Gasteiger partial charge in [-0.05, 0) is 19.8 Å². The van der Waals surface area contributed by atoms with E-state index in [9.17, 15) is 9.59 Å². The van der Waals surface area contributed by atoms with Crippen LogP contribution >= 0.6 is 0 Å². The monoisotopic (exact) mass is 242 g/mol. The van der Waals surface area contributed by atoms with E-state index in [-0.39, 0.29) is 23.9 Å². The molecule has 5 nitrogen and oxygen atoms in total. The summed E-state index contributed by atoms with van der Waals surface area (Å²) in [4.78, 5) is 24.6. The van der Waals surface area contributed by atoms with Gasteiger partial charge in [0.25, 0.3) is 0 Å². The molecule has 17 heavy (non-hydrogen) atoms. The number of carbonyl (C=O) groups excluding carboxylic acids is 1. The maximum absolute atomic E-state index is 11.9. The minimum atomic E-state index is -0.746. The van der Waals surface area contributed by atoms with Crippen molar-refractivity contribution in [2.75, 3.05) is 13.1 Å². The molecule has 1 aliphatic heterocycles. The third-order valence-corrected chi connectivity index (χ3v) is 3.21. The lowest BCUT2D eigenvalue weighted by molar-refractivity contribution is -0.147. The average Bonchev–Trinajstić information content (AvgIpc) is 2.25. The van der Waals surface area contributed by atoms with Gasteiger partial charge in [0.15, 0.2) is 0 Å². The summed E-state index contributed by atoms with van der Waals surface area (Å²) in [5.74, 6) is -0.980. The van der Waals surface area contributed by atoms with Gasteiger partial charge in [-0.2, -0.15) is 0 Å². The second-order valence-electron chi connectivity index (χ2n) is 5.03. The number of nitrogens with one attached hydrogen (secondary N) is 1. The number of carboxylic acids is 1. The molecule has 0 aromatic heterocycles. The molecular weight excluding hydrogens is 220 g/mol. The van der Waals surface area contributed by atoms with Gasteiger partial charge in [-0.3, -0.25) is 9.59 Å². The lowest BCUT2D eigenvalue weighted by atomic mass is 9.91. The first kappa shape index (κ1) is 14.0. The fourth-order valence-electron chi connectivity index (χ4n) is 2.16. The molecule has 2 N–H and O–H groups in total. The van der Waals surface area contributed by atoms with E-state index in [0.29, 0.717) is 25.9 Å². The van der Waals surface area contributed by atoms with Gasteiger partial charge in [-0.15, -0.1) is 0 Å². The van der Waals surface area contributed by atoms with E-state index >= 15 is 0 Å². The van der Waals surface area contributed by atoms with E-state index in [0.717, 1.165) is 0 Å². The Balaban J connectivity index is 2.46. The van der Waals surface area contributed by atoms with Gasteiger partial charge in [-0.25, -0.2) is 0 Å². The van der Waals surface area contributed by atoms with Crippen molar-refractivity contribution in [1.82, 2.24) is 10.2 Å². The highest BCUT2D eigenvalue weighted by Gasteiger charge is 2.31. The molecule has 0 radical (unpaired) electrons. The molecule has 1 saturated heterocycles. The number of hydrogen-bond acceptors (Lipinski definition) is 3. The highest BCUT2D eigenvalue weighted by atomic mass is 16.4. The Hall–Kier alpha value is -1.10. The number of aliphatic carboxylic acids is 1. The summed E-state index contributed by atoms with van der Waals surface area (Å²) in [6.07, 6.45) is 1.12. The van der Waals surface area contributed by atoms with Gasteiger partial charge in [-0.1, -0.05) is 13.8 Å². The van der Waals surface area contributed by atoms with Crippen molar-refractivity contribution < 1.29 is 14.7 Å². The van der Waals surface area contributed by atoms with Crippen LogP contribution in [0.5, 0.6) is 0 Å². The third-order valence-electron chi connectivity index (χ3n) is 3.21. The minimum Gasteiger partial charge on any atom is -0.481 e. The second-order valence-corrected chi connectivity index (χ2v) is 5.03. The molecular formula is C12H22N2O3. The fraction of sp³-hybridized carbons (Fsp3) is 0.833. The molecule has 0 aromatic rings. The van der Waals surface area contributed by atoms with E-state index in [1.165, 1.54) is 0 Å². The maximum Gasteiger partial charge on any atom is 0.306 e. The molecule has 0 saturated carbocycles. The predicted octanol–water partition coefficient (Wildman–Crippen LogP) is 0.696. The Labute approximate surface area is 102 Å². The number of piperidine rings is 1. The number of rotatable bonds is 4. The van der Waals surface area contributed by atoms with Crippen LogP contribution in [-0.4, -0.2) is 47.1 Å². The van der Waals surface area contributed by atoms with Gasteiger partial charge in [0.1, 0.15) is 0 Å². The second kappa shape index (κ2) is 6.00. The molecule has 0 aliphatic carbocycles. The van der Waals surface area contributed by atoms with E-state index in [1.807, 2.05) is 20.8 Å². The first-order valence-electron chi connectivity index (χ1n) is 6.17. The fourth-order valence-corrected chi connectivity index (χ4v) is 2.16. The van der Waals surface area contributed by atoms with E-state index in [1.54, 1.807) is 4.90 Å². The molecule has 1 aliphatic rings. The number of likely N-dealkylation sites (tertiary alicyclic amines) is 1. The van der Waals surface area contributed by atoms with Gasteiger partial charge in [0.2, 0.25) is 5.91 Å². The zero-order valence-electron chi connectivity index (χ0n) is 10.8. The van der Waals surface area contributed by atoms with Crippen molar-refractivity contribution in [3.05, 3.63) is 0 Å². The van der Waals surface area contributed by atoms with Crippen molar-refractivity contribution in [2.45, 2.75) is 45.7 Å².